The molecule has 1 aromatic rings. The second kappa shape index (κ2) is 5.46. The first-order valence-corrected chi connectivity index (χ1v) is 5.55. The van der Waals surface area contributed by atoms with Gasteiger partial charge in [0.2, 0.25) is 0 Å². The molecule has 1 unspecified atom stereocenters. The van der Waals surface area contributed by atoms with Gasteiger partial charge in [-0.3, -0.25) is 10.1 Å². The lowest BCUT2D eigenvalue weighted by atomic mass is 10.2. The number of urea groups is 1. The van der Waals surface area contributed by atoms with Crippen LogP contribution in [0.15, 0.2) is 24.3 Å². The summed E-state index contributed by atoms with van der Waals surface area (Å²) in [5.41, 5.74) is 0.0502. The summed E-state index contributed by atoms with van der Waals surface area (Å²) in [6.07, 6.45) is 0.754. The van der Waals surface area contributed by atoms with Crippen LogP contribution >= 0.6 is 0 Å². The van der Waals surface area contributed by atoms with Crippen LogP contribution in [0.3, 0.4) is 0 Å². The number of nitro groups is 1. The average Bonchev–Trinajstić information content (AvgIpc) is 2.82. The van der Waals surface area contributed by atoms with E-state index in [0.717, 1.165) is 6.42 Å². The highest BCUT2D eigenvalue weighted by Gasteiger charge is 2.19. The Kier molecular flexibility index (Phi) is 3.73. The van der Waals surface area contributed by atoms with Gasteiger partial charge in [-0.1, -0.05) is 12.1 Å². The third-order valence-corrected chi connectivity index (χ3v) is 2.61. The summed E-state index contributed by atoms with van der Waals surface area (Å²) in [7, 11) is 0. The Morgan fingerprint density at radius 3 is 2.89 bits per heavy atom. The number of ether oxygens (including phenoxy) is 1. The van der Waals surface area contributed by atoms with Crippen molar-refractivity contribution in [1.82, 2.24) is 5.32 Å². The zero-order chi connectivity index (χ0) is 13.0. The minimum Gasteiger partial charge on any atom is -0.379 e. The van der Waals surface area contributed by atoms with Crippen LogP contribution in [-0.4, -0.2) is 30.2 Å². The van der Waals surface area contributed by atoms with Crippen molar-refractivity contribution in [3.05, 3.63) is 34.4 Å². The molecule has 0 saturated carbocycles. The maximum atomic E-state index is 11.6. The maximum absolute atomic E-state index is 11.6. The molecule has 0 radical (unpaired) electrons. The van der Waals surface area contributed by atoms with Gasteiger partial charge in [0, 0.05) is 12.7 Å². The van der Waals surface area contributed by atoms with E-state index in [2.05, 4.69) is 10.6 Å². The van der Waals surface area contributed by atoms with E-state index in [1.54, 1.807) is 12.1 Å². The molecule has 0 aliphatic carbocycles. The summed E-state index contributed by atoms with van der Waals surface area (Å²) in [5.74, 6) is 0. The number of hydrogen-bond donors (Lipinski definition) is 2. The van der Waals surface area contributed by atoms with Crippen LogP contribution < -0.4 is 10.6 Å². The molecule has 2 rings (SSSR count). The van der Waals surface area contributed by atoms with Gasteiger partial charge in [0.25, 0.3) is 5.69 Å². The third-order valence-electron chi connectivity index (χ3n) is 2.61. The Morgan fingerprint density at radius 1 is 1.44 bits per heavy atom. The lowest BCUT2D eigenvalue weighted by molar-refractivity contribution is -0.383. The average molecular weight is 251 g/mol. The van der Waals surface area contributed by atoms with Crippen molar-refractivity contribution in [3.8, 4) is 0 Å². The first-order chi connectivity index (χ1) is 8.66. The summed E-state index contributed by atoms with van der Waals surface area (Å²) in [6.45, 7) is 1.10. The summed E-state index contributed by atoms with van der Waals surface area (Å²) < 4.78 is 5.12. The minimum atomic E-state index is -0.533. The Labute approximate surface area is 103 Å². The Bertz CT molecular complexity index is 457. The number of carbonyl (C=O) groups excluding carboxylic acids is 1. The molecule has 7 nitrogen and oxygen atoms in total. The van der Waals surface area contributed by atoms with E-state index < -0.39 is 11.0 Å². The molecule has 2 amide bonds. The van der Waals surface area contributed by atoms with Crippen LogP contribution in [0.25, 0.3) is 0 Å². The van der Waals surface area contributed by atoms with Crippen LogP contribution in [-0.2, 0) is 4.74 Å². The van der Waals surface area contributed by atoms with E-state index in [0.29, 0.717) is 13.2 Å². The maximum Gasteiger partial charge on any atom is 0.319 e. The number of carbonyl (C=O) groups is 1. The molecule has 0 spiro atoms. The fourth-order valence-corrected chi connectivity index (χ4v) is 1.73. The third kappa shape index (κ3) is 2.95. The van der Waals surface area contributed by atoms with Gasteiger partial charge in [-0.25, -0.2) is 4.79 Å². The minimum absolute atomic E-state index is 0.0345. The number of nitro benzene ring substituents is 1. The number of rotatable bonds is 3. The van der Waals surface area contributed by atoms with Crippen molar-refractivity contribution in [2.45, 2.75) is 12.5 Å². The Morgan fingerprint density at radius 2 is 2.22 bits per heavy atom. The van der Waals surface area contributed by atoms with Crippen LogP contribution in [0, 0.1) is 10.1 Å². The second-order valence-electron chi connectivity index (χ2n) is 3.93. The van der Waals surface area contributed by atoms with E-state index in [1.807, 2.05) is 0 Å². The van der Waals surface area contributed by atoms with E-state index >= 15 is 0 Å². The lowest BCUT2D eigenvalue weighted by Crippen LogP contribution is -2.38. The first kappa shape index (κ1) is 12.3. The molecule has 1 aliphatic rings. The van der Waals surface area contributed by atoms with E-state index in [9.17, 15) is 14.9 Å². The SMILES string of the molecule is O=C(Nc1ccccc1[N+](=O)[O-])NC1CCOC1. The molecular formula is C11H13N3O4. The quantitative estimate of drug-likeness (QED) is 0.628. The molecule has 1 atom stereocenters. The van der Waals surface area contributed by atoms with Crippen molar-refractivity contribution < 1.29 is 14.5 Å². The van der Waals surface area contributed by atoms with Gasteiger partial charge in [-0.15, -0.1) is 0 Å². The van der Waals surface area contributed by atoms with Crippen molar-refractivity contribution in [2.24, 2.45) is 0 Å². The molecule has 96 valence electrons. The largest absolute Gasteiger partial charge is 0.379 e. The van der Waals surface area contributed by atoms with E-state index in [4.69, 9.17) is 4.74 Å². The molecule has 0 bridgehead atoms. The van der Waals surface area contributed by atoms with Gasteiger partial charge in [0.1, 0.15) is 5.69 Å². The van der Waals surface area contributed by atoms with Gasteiger partial charge in [-0.2, -0.15) is 0 Å². The van der Waals surface area contributed by atoms with Crippen LogP contribution in [0.2, 0.25) is 0 Å². The first-order valence-electron chi connectivity index (χ1n) is 5.55. The molecule has 1 aromatic carbocycles. The van der Waals surface area contributed by atoms with E-state index in [-0.39, 0.29) is 17.4 Å². The Hall–Kier alpha value is -2.15. The number of nitrogens with one attached hydrogen (secondary N) is 2. The van der Waals surface area contributed by atoms with Crippen LogP contribution in [0.1, 0.15) is 6.42 Å². The molecule has 0 aromatic heterocycles. The zero-order valence-electron chi connectivity index (χ0n) is 9.59. The van der Waals surface area contributed by atoms with Crippen LogP contribution in [0.5, 0.6) is 0 Å². The molecular weight excluding hydrogens is 238 g/mol. The fraction of sp³-hybridized carbons (Fsp3) is 0.364. The highest BCUT2D eigenvalue weighted by atomic mass is 16.6. The van der Waals surface area contributed by atoms with Crippen molar-refractivity contribution >= 4 is 17.4 Å². The lowest BCUT2D eigenvalue weighted by Gasteiger charge is -2.11. The van der Waals surface area contributed by atoms with Crippen molar-refractivity contribution in [1.29, 1.82) is 0 Å². The van der Waals surface area contributed by atoms with Gasteiger partial charge < -0.3 is 15.4 Å². The molecule has 1 saturated heterocycles. The van der Waals surface area contributed by atoms with Gasteiger partial charge >= 0.3 is 6.03 Å². The Balaban J connectivity index is 2.00. The highest BCUT2D eigenvalue weighted by Crippen LogP contribution is 2.22. The highest BCUT2D eigenvalue weighted by molar-refractivity contribution is 5.91. The standard InChI is InChI=1S/C11H13N3O4/c15-11(12-8-5-6-18-7-8)13-9-3-1-2-4-10(9)14(16)17/h1-4,8H,5-7H2,(H2,12,13,15). The van der Waals surface area contributed by atoms with Gasteiger partial charge in [0.05, 0.1) is 17.6 Å². The summed E-state index contributed by atoms with van der Waals surface area (Å²) >= 11 is 0. The fourth-order valence-electron chi connectivity index (χ4n) is 1.73. The van der Waals surface area contributed by atoms with Gasteiger partial charge in [-0.05, 0) is 12.5 Å². The second-order valence-corrected chi connectivity index (χ2v) is 3.93. The normalized spacial score (nSPS) is 18.3. The number of anilines is 1. The number of hydrogen-bond acceptors (Lipinski definition) is 4. The summed E-state index contributed by atoms with van der Waals surface area (Å²) in [6, 6.07) is 5.51. The number of para-hydroxylation sites is 2. The number of benzene rings is 1. The zero-order valence-corrected chi connectivity index (χ0v) is 9.59. The van der Waals surface area contributed by atoms with Crippen LogP contribution in [0.4, 0.5) is 16.2 Å². The predicted molar refractivity (Wildman–Crippen MR) is 64.5 cm³/mol. The van der Waals surface area contributed by atoms with Crippen molar-refractivity contribution in [2.75, 3.05) is 18.5 Å². The molecule has 7 heteroatoms. The molecule has 1 fully saturated rings. The topological polar surface area (TPSA) is 93.5 Å². The monoisotopic (exact) mass is 251 g/mol. The smallest absolute Gasteiger partial charge is 0.319 e. The molecule has 1 aliphatic heterocycles. The summed E-state index contributed by atoms with van der Waals surface area (Å²) in [5, 5.41) is 15.9. The molecule has 18 heavy (non-hydrogen) atoms. The summed E-state index contributed by atoms with van der Waals surface area (Å²) in [4.78, 5) is 21.9. The predicted octanol–water partition coefficient (Wildman–Crippen LogP) is 1.51. The van der Waals surface area contributed by atoms with Gasteiger partial charge in [0.15, 0.2) is 0 Å². The molecule has 2 N–H and O–H groups in total. The van der Waals surface area contributed by atoms with E-state index in [1.165, 1.54) is 12.1 Å². The molecule has 1 heterocycles. The number of amides is 2. The van der Waals surface area contributed by atoms with Crippen molar-refractivity contribution in [3.63, 3.8) is 0 Å². The number of nitrogens with zero attached hydrogens (tertiary/aromatic N) is 1.